The Bertz CT molecular complexity index is 1380. The average molecular weight is 508 g/mol. The van der Waals surface area contributed by atoms with Crippen molar-refractivity contribution in [3.8, 4) is 17.9 Å². The molecule has 0 bridgehead atoms. The molecule has 9 heteroatoms. The Morgan fingerprint density at radius 3 is 2.29 bits per heavy atom. The summed E-state index contributed by atoms with van der Waals surface area (Å²) in [5.74, 6) is 0.217. The van der Waals surface area contributed by atoms with E-state index < -0.39 is 0 Å². The highest BCUT2D eigenvalue weighted by molar-refractivity contribution is 6.03. The van der Waals surface area contributed by atoms with Crippen LogP contribution in [0.2, 0.25) is 0 Å². The molecule has 0 radical (unpaired) electrons. The van der Waals surface area contributed by atoms with Crippen molar-refractivity contribution in [2.75, 3.05) is 25.1 Å². The molecule has 1 amide bonds. The van der Waals surface area contributed by atoms with Crippen molar-refractivity contribution in [2.24, 2.45) is 15.3 Å². The molecule has 3 aromatic carbocycles. The third-order valence-electron chi connectivity index (χ3n) is 5.72. The van der Waals surface area contributed by atoms with Gasteiger partial charge in [0.15, 0.2) is 0 Å². The van der Waals surface area contributed by atoms with E-state index in [0.717, 1.165) is 16.8 Å². The Morgan fingerprint density at radius 1 is 0.974 bits per heavy atom. The van der Waals surface area contributed by atoms with Gasteiger partial charge in [-0.15, -0.1) is 15.3 Å². The molecular weight excluding hydrogens is 478 g/mol. The van der Waals surface area contributed by atoms with Crippen LogP contribution in [0.1, 0.15) is 39.9 Å². The number of aryl methyl sites for hydroxylation is 2. The number of rotatable bonds is 10. The van der Waals surface area contributed by atoms with E-state index in [0.29, 0.717) is 48.5 Å². The van der Waals surface area contributed by atoms with Crippen LogP contribution in [0, 0.1) is 36.5 Å². The first-order valence-electron chi connectivity index (χ1n) is 12.1. The number of nitriles is 2. The van der Waals surface area contributed by atoms with E-state index in [1.165, 1.54) is 7.11 Å². The lowest BCUT2D eigenvalue weighted by molar-refractivity contribution is 0.0954. The van der Waals surface area contributed by atoms with Crippen LogP contribution in [0.15, 0.2) is 82.1 Å². The zero-order valence-electron chi connectivity index (χ0n) is 21.7. The maximum atomic E-state index is 12.7. The van der Waals surface area contributed by atoms with E-state index >= 15 is 0 Å². The molecule has 0 saturated heterocycles. The molecule has 0 aliphatic carbocycles. The topological polar surface area (TPSA) is 126 Å². The number of benzene rings is 3. The minimum atomic E-state index is -0.386. The molecule has 0 saturated carbocycles. The van der Waals surface area contributed by atoms with Gasteiger partial charge in [-0.25, -0.2) is 5.43 Å². The molecule has 38 heavy (non-hydrogen) atoms. The Labute approximate surface area is 222 Å². The summed E-state index contributed by atoms with van der Waals surface area (Å²) in [6, 6.07) is 24.4. The zero-order chi connectivity index (χ0) is 27.3. The fourth-order valence-corrected chi connectivity index (χ4v) is 3.59. The molecule has 0 fully saturated rings. The van der Waals surface area contributed by atoms with E-state index in [1.54, 1.807) is 24.3 Å². The molecular formula is C29H29N7O2. The second-order valence-corrected chi connectivity index (χ2v) is 8.42. The van der Waals surface area contributed by atoms with Crippen LogP contribution in [0.5, 0.6) is 5.75 Å². The fraction of sp³-hybridized carbons (Fsp3) is 0.241. The van der Waals surface area contributed by atoms with Gasteiger partial charge in [-0.3, -0.25) is 4.79 Å². The van der Waals surface area contributed by atoms with Crippen molar-refractivity contribution in [2.45, 2.75) is 26.7 Å². The van der Waals surface area contributed by atoms with Crippen LogP contribution >= 0.6 is 0 Å². The molecule has 9 nitrogen and oxygen atoms in total. The summed E-state index contributed by atoms with van der Waals surface area (Å²) in [5.41, 5.74) is 6.98. The van der Waals surface area contributed by atoms with Gasteiger partial charge in [0.1, 0.15) is 5.75 Å². The summed E-state index contributed by atoms with van der Waals surface area (Å²) in [7, 11) is 1.53. The van der Waals surface area contributed by atoms with Gasteiger partial charge in [0.25, 0.3) is 5.91 Å². The lowest BCUT2D eigenvalue weighted by Crippen LogP contribution is -2.25. The first kappa shape index (κ1) is 27.6. The second kappa shape index (κ2) is 13.9. The van der Waals surface area contributed by atoms with E-state index in [-0.39, 0.29) is 11.7 Å². The van der Waals surface area contributed by atoms with Crippen LogP contribution in [-0.2, 0) is 0 Å². The second-order valence-electron chi connectivity index (χ2n) is 8.42. The summed E-state index contributed by atoms with van der Waals surface area (Å²) in [6.45, 7) is 4.82. The van der Waals surface area contributed by atoms with Crippen LogP contribution in [-0.4, -0.2) is 31.9 Å². The van der Waals surface area contributed by atoms with Gasteiger partial charge in [0, 0.05) is 30.4 Å². The number of ether oxygens (including phenoxy) is 1. The molecule has 192 valence electrons. The molecule has 0 spiro atoms. The number of nitrogens with zero attached hydrogens (tertiary/aromatic N) is 6. The quantitative estimate of drug-likeness (QED) is 0.160. The lowest BCUT2D eigenvalue weighted by Gasteiger charge is -2.23. The molecule has 3 aromatic rings. The number of carbonyl (C=O) groups is 1. The first-order chi connectivity index (χ1) is 18.5. The van der Waals surface area contributed by atoms with Gasteiger partial charge in [0.05, 0.1) is 43.3 Å². The van der Waals surface area contributed by atoms with Crippen molar-refractivity contribution in [3.05, 3.63) is 89.0 Å². The van der Waals surface area contributed by atoms with Crippen LogP contribution < -0.4 is 15.1 Å². The number of azo groups is 1. The molecule has 3 rings (SSSR count). The van der Waals surface area contributed by atoms with E-state index in [2.05, 4.69) is 32.9 Å². The number of hydrazone groups is 1. The standard InChI is InChI=1S/C29H29N7O2/c1-21-10-12-23(13-11-21)29(37)35-34-28(33-32-26-9-5-4-8-22(26)2)25-15-14-24(20-27(25)38-3)36(18-6-16-30)19-7-17-31/h4-5,8-15,20H,6-7,18-19H2,1-3H3,(H,35,37)/b33-32?,34-28-. The normalized spacial score (nSPS) is 11.0. The Balaban J connectivity index is 2.00. The molecule has 1 N–H and O–H groups in total. The minimum Gasteiger partial charge on any atom is -0.496 e. The maximum Gasteiger partial charge on any atom is 0.271 e. The molecule has 0 atom stereocenters. The van der Waals surface area contributed by atoms with Crippen molar-refractivity contribution in [3.63, 3.8) is 0 Å². The Hall–Kier alpha value is -5.02. The Morgan fingerprint density at radius 2 is 1.66 bits per heavy atom. The van der Waals surface area contributed by atoms with Crippen molar-refractivity contribution in [1.82, 2.24) is 5.43 Å². The fourth-order valence-electron chi connectivity index (χ4n) is 3.59. The Kier molecular flexibility index (Phi) is 10.1. The number of amidine groups is 1. The minimum absolute atomic E-state index is 0.151. The van der Waals surface area contributed by atoms with E-state index in [9.17, 15) is 4.79 Å². The van der Waals surface area contributed by atoms with Crippen molar-refractivity contribution < 1.29 is 9.53 Å². The van der Waals surface area contributed by atoms with E-state index in [4.69, 9.17) is 15.3 Å². The van der Waals surface area contributed by atoms with Gasteiger partial charge in [0.2, 0.25) is 5.84 Å². The number of hydrogen-bond acceptors (Lipinski definition) is 7. The summed E-state index contributed by atoms with van der Waals surface area (Å²) >= 11 is 0. The number of hydrogen-bond donors (Lipinski definition) is 1. The van der Waals surface area contributed by atoms with Gasteiger partial charge in [-0.1, -0.05) is 35.9 Å². The highest BCUT2D eigenvalue weighted by Crippen LogP contribution is 2.28. The number of nitrogens with one attached hydrogen (secondary N) is 1. The molecule has 0 aliphatic heterocycles. The number of carbonyl (C=O) groups excluding carboxylic acids is 1. The third kappa shape index (κ3) is 7.49. The monoisotopic (exact) mass is 507 g/mol. The van der Waals surface area contributed by atoms with Crippen molar-refractivity contribution in [1.29, 1.82) is 10.5 Å². The smallest absolute Gasteiger partial charge is 0.271 e. The summed E-state index contributed by atoms with van der Waals surface area (Å²) in [4.78, 5) is 14.7. The SMILES string of the molecule is COc1cc(N(CCC#N)CCC#N)ccc1/C(N=Nc1ccccc1C)=N/NC(=O)c1ccc(C)cc1. The van der Waals surface area contributed by atoms with Gasteiger partial charge < -0.3 is 9.64 Å². The van der Waals surface area contributed by atoms with Gasteiger partial charge in [-0.2, -0.15) is 10.5 Å². The molecule has 0 unspecified atom stereocenters. The maximum absolute atomic E-state index is 12.7. The lowest BCUT2D eigenvalue weighted by atomic mass is 10.1. The number of amides is 1. The van der Waals surface area contributed by atoms with E-state index in [1.807, 2.05) is 61.2 Å². The van der Waals surface area contributed by atoms with Gasteiger partial charge in [-0.05, 0) is 49.7 Å². The molecule has 0 aliphatic rings. The highest BCUT2D eigenvalue weighted by Gasteiger charge is 2.16. The predicted octanol–water partition coefficient (Wildman–Crippen LogP) is 5.82. The molecule has 0 aromatic heterocycles. The first-order valence-corrected chi connectivity index (χ1v) is 12.1. The van der Waals surface area contributed by atoms with Crippen LogP contribution in [0.3, 0.4) is 0 Å². The van der Waals surface area contributed by atoms with Crippen molar-refractivity contribution >= 4 is 23.1 Å². The predicted molar refractivity (Wildman–Crippen MR) is 147 cm³/mol. The summed E-state index contributed by atoms with van der Waals surface area (Å²) in [6.07, 6.45) is 0.635. The largest absolute Gasteiger partial charge is 0.496 e. The zero-order valence-corrected chi connectivity index (χ0v) is 21.7. The molecule has 0 heterocycles. The van der Waals surface area contributed by atoms with Crippen LogP contribution in [0.4, 0.5) is 11.4 Å². The summed E-state index contributed by atoms with van der Waals surface area (Å²) < 4.78 is 5.65. The van der Waals surface area contributed by atoms with Gasteiger partial charge >= 0.3 is 0 Å². The average Bonchev–Trinajstić information content (AvgIpc) is 2.94. The number of anilines is 1. The third-order valence-corrected chi connectivity index (χ3v) is 5.72. The summed E-state index contributed by atoms with van der Waals surface area (Å²) in [5, 5.41) is 31.1. The highest BCUT2D eigenvalue weighted by atomic mass is 16.5. The van der Waals surface area contributed by atoms with Crippen LogP contribution in [0.25, 0.3) is 0 Å². The number of methoxy groups -OCH3 is 1.